The maximum absolute atomic E-state index is 16.0. The van der Waals surface area contributed by atoms with Crippen molar-refractivity contribution >= 4 is 22.1 Å². The minimum Gasteiger partial charge on any atom is -0.390 e. The van der Waals surface area contributed by atoms with Crippen LogP contribution in [0.4, 0.5) is 14.6 Å². The first-order valence-electron chi connectivity index (χ1n) is 11.4. The number of rotatable bonds is 3. The number of hydrogen-bond donors (Lipinski definition) is 2. The third-order valence-electron chi connectivity index (χ3n) is 7.94. The summed E-state index contributed by atoms with van der Waals surface area (Å²) in [6.07, 6.45) is 4.82. The van der Waals surface area contributed by atoms with Crippen LogP contribution < -0.4 is 11.3 Å². The third kappa shape index (κ3) is 2.43. The Labute approximate surface area is 192 Å². The SMILES string of the molecule is CC1(O)CC(c2nc(-c3ccc4ccn(C56CC(F)(C5)C6)c(=O)c4c3F)c3c(N)ncnn23)C1. The van der Waals surface area contributed by atoms with Gasteiger partial charge in [0, 0.05) is 36.9 Å². The Kier molecular flexibility index (Phi) is 3.52. The molecule has 3 N–H and O–H groups in total. The van der Waals surface area contributed by atoms with Gasteiger partial charge in [0.25, 0.3) is 5.56 Å². The van der Waals surface area contributed by atoms with Gasteiger partial charge >= 0.3 is 0 Å². The van der Waals surface area contributed by atoms with Crippen LogP contribution in [0.5, 0.6) is 0 Å². The van der Waals surface area contributed by atoms with E-state index in [2.05, 4.69) is 10.1 Å². The summed E-state index contributed by atoms with van der Waals surface area (Å²) in [6, 6.07) is 4.95. The predicted molar refractivity (Wildman–Crippen MR) is 121 cm³/mol. The lowest BCUT2D eigenvalue weighted by molar-refractivity contribution is -0.199. The second kappa shape index (κ2) is 5.99. The third-order valence-corrected chi connectivity index (χ3v) is 7.94. The largest absolute Gasteiger partial charge is 0.390 e. The van der Waals surface area contributed by atoms with Crippen molar-refractivity contribution in [2.45, 2.75) is 61.8 Å². The lowest BCUT2D eigenvalue weighted by Crippen LogP contribution is -2.71. The van der Waals surface area contributed by atoms with Gasteiger partial charge in [-0.1, -0.05) is 6.07 Å². The van der Waals surface area contributed by atoms with Crippen LogP contribution >= 0.6 is 0 Å². The van der Waals surface area contributed by atoms with Crippen LogP contribution in [0.1, 0.15) is 50.8 Å². The summed E-state index contributed by atoms with van der Waals surface area (Å²) in [4.78, 5) is 22.1. The van der Waals surface area contributed by atoms with E-state index in [-0.39, 0.29) is 28.4 Å². The second-order valence-corrected chi connectivity index (χ2v) is 10.6. The summed E-state index contributed by atoms with van der Waals surface area (Å²) < 4.78 is 33.2. The molecule has 0 unspecified atom stereocenters. The summed E-state index contributed by atoms with van der Waals surface area (Å²) in [5.41, 5.74) is 3.91. The molecule has 4 saturated carbocycles. The van der Waals surface area contributed by atoms with Gasteiger partial charge in [-0.25, -0.2) is 23.3 Å². The van der Waals surface area contributed by atoms with Crippen LogP contribution in [-0.4, -0.2) is 40.5 Å². The number of aromatic nitrogens is 5. The fourth-order valence-corrected chi connectivity index (χ4v) is 6.33. The standard InChI is InChI=1S/C24H22F2N6O2/c1-22(34)6-13(7-22)20-30-17(18-19(27)28-11-29-32(18)20)14-3-2-12-4-5-31(21(33)15(12)16(14)25)24-8-23(26,9-24)10-24/h2-5,11,13,34H,6-10H2,1H3,(H2,27,28,29). The van der Waals surface area contributed by atoms with Gasteiger partial charge in [0.2, 0.25) is 0 Å². The lowest BCUT2D eigenvalue weighted by Gasteiger charge is -2.66. The monoisotopic (exact) mass is 464 g/mol. The van der Waals surface area contributed by atoms with Crippen molar-refractivity contribution < 1.29 is 13.9 Å². The second-order valence-electron chi connectivity index (χ2n) is 10.6. The zero-order chi connectivity index (χ0) is 23.6. The first kappa shape index (κ1) is 20.0. The van der Waals surface area contributed by atoms with Crippen LogP contribution in [0.25, 0.3) is 27.5 Å². The first-order chi connectivity index (χ1) is 16.1. The molecule has 2 bridgehead atoms. The zero-order valence-electron chi connectivity index (χ0n) is 18.4. The van der Waals surface area contributed by atoms with E-state index < -0.39 is 28.2 Å². The number of alkyl halides is 1. The quantitative estimate of drug-likeness (QED) is 0.482. The molecule has 4 aliphatic carbocycles. The molecule has 4 fully saturated rings. The molecule has 0 spiro atoms. The Morgan fingerprint density at radius 2 is 1.94 bits per heavy atom. The Hall–Kier alpha value is -3.40. The number of aliphatic hydroxyl groups is 1. The van der Waals surface area contributed by atoms with E-state index in [0.717, 1.165) is 0 Å². The van der Waals surface area contributed by atoms with E-state index >= 15 is 4.39 Å². The first-order valence-corrected chi connectivity index (χ1v) is 11.4. The molecule has 4 aromatic rings. The average Bonchev–Trinajstić information content (AvgIpc) is 3.10. The smallest absolute Gasteiger partial charge is 0.261 e. The summed E-state index contributed by atoms with van der Waals surface area (Å²) in [5, 5.41) is 14.9. The highest BCUT2D eigenvalue weighted by Crippen LogP contribution is 2.67. The molecule has 0 radical (unpaired) electrons. The summed E-state index contributed by atoms with van der Waals surface area (Å²) >= 11 is 0. The van der Waals surface area contributed by atoms with Gasteiger partial charge in [-0.05, 0) is 37.3 Å². The number of nitrogen functional groups attached to an aromatic ring is 1. The van der Waals surface area contributed by atoms with Gasteiger partial charge in [0.05, 0.1) is 16.5 Å². The van der Waals surface area contributed by atoms with Crippen molar-refractivity contribution in [1.82, 2.24) is 24.1 Å². The fourth-order valence-electron chi connectivity index (χ4n) is 6.33. The number of fused-ring (bicyclic) bond motifs is 2. The molecule has 3 aromatic heterocycles. The van der Waals surface area contributed by atoms with Crippen molar-refractivity contribution in [1.29, 1.82) is 0 Å². The van der Waals surface area contributed by atoms with E-state index in [1.54, 1.807) is 35.8 Å². The number of imidazole rings is 1. The van der Waals surface area contributed by atoms with Gasteiger partial charge in [0.15, 0.2) is 5.82 Å². The number of anilines is 1. The van der Waals surface area contributed by atoms with Crippen molar-refractivity contribution in [2.75, 3.05) is 5.73 Å². The molecular formula is C24H22F2N6O2. The molecule has 4 aliphatic rings. The van der Waals surface area contributed by atoms with Crippen molar-refractivity contribution in [3.63, 3.8) is 0 Å². The van der Waals surface area contributed by atoms with Crippen LogP contribution in [0, 0.1) is 5.82 Å². The fraction of sp³-hybridized carbons (Fsp3) is 0.417. The van der Waals surface area contributed by atoms with Crippen LogP contribution in [0.3, 0.4) is 0 Å². The molecule has 10 heteroatoms. The van der Waals surface area contributed by atoms with Crippen LogP contribution in [0.2, 0.25) is 0 Å². The maximum Gasteiger partial charge on any atom is 0.261 e. The number of pyridine rings is 1. The molecule has 1 aromatic carbocycles. The molecule has 8 nitrogen and oxygen atoms in total. The van der Waals surface area contributed by atoms with Crippen molar-refractivity contribution in [3.8, 4) is 11.3 Å². The molecule has 0 aliphatic heterocycles. The number of halogens is 2. The topological polar surface area (TPSA) is 111 Å². The minimum absolute atomic E-state index is 0.0534. The molecule has 0 saturated heterocycles. The summed E-state index contributed by atoms with van der Waals surface area (Å²) in [7, 11) is 0. The molecule has 34 heavy (non-hydrogen) atoms. The van der Waals surface area contributed by atoms with Gasteiger partial charge in [-0.2, -0.15) is 5.10 Å². The normalized spacial score (nSPS) is 31.8. The molecule has 8 rings (SSSR count). The van der Waals surface area contributed by atoms with Crippen LogP contribution in [0.15, 0.2) is 35.5 Å². The highest BCUT2D eigenvalue weighted by Gasteiger charge is 2.70. The molecule has 0 atom stereocenters. The summed E-state index contributed by atoms with van der Waals surface area (Å²) in [5.74, 6) is -0.0583. The molecule has 0 amide bonds. The minimum atomic E-state index is -1.18. The van der Waals surface area contributed by atoms with Gasteiger partial charge in [-0.15, -0.1) is 0 Å². The van der Waals surface area contributed by atoms with Crippen molar-refractivity contribution in [2.24, 2.45) is 0 Å². The Morgan fingerprint density at radius 1 is 1.21 bits per heavy atom. The molecular weight excluding hydrogens is 442 g/mol. The van der Waals surface area contributed by atoms with E-state index in [1.807, 2.05) is 0 Å². The van der Waals surface area contributed by atoms with Crippen LogP contribution in [-0.2, 0) is 5.54 Å². The number of benzene rings is 1. The zero-order valence-corrected chi connectivity index (χ0v) is 18.4. The van der Waals surface area contributed by atoms with E-state index in [0.29, 0.717) is 48.8 Å². The predicted octanol–water partition coefficient (Wildman–Crippen LogP) is 3.06. The van der Waals surface area contributed by atoms with E-state index in [9.17, 15) is 14.3 Å². The number of nitrogens with two attached hydrogens (primary N) is 1. The van der Waals surface area contributed by atoms with Crippen molar-refractivity contribution in [3.05, 3.63) is 52.7 Å². The van der Waals surface area contributed by atoms with E-state index in [1.165, 1.54) is 10.9 Å². The van der Waals surface area contributed by atoms with E-state index in [4.69, 9.17) is 10.7 Å². The highest BCUT2D eigenvalue weighted by molar-refractivity contribution is 5.92. The highest BCUT2D eigenvalue weighted by atomic mass is 19.1. The van der Waals surface area contributed by atoms with Gasteiger partial charge < -0.3 is 15.4 Å². The van der Waals surface area contributed by atoms with Gasteiger partial charge in [-0.3, -0.25) is 4.79 Å². The summed E-state index contributed by atoms with van der Waals surface area (Å²) in [6.45, 7) is 1.76. The number of hydrogen-bond acceptors (Lipinski definition) is 6. The number of nitrogens with zero attached hydrogens (tertiary/aromatic N) is 5. The Balaban J connectivity index is 1.43. The average molecular weight is 464 g/mol. The maximum atomic E-state index is 16.0. The Morgan fingerprint density at radius 3 is 2.62 bits per heavy atom. The molecule has 174 valence electrons. The Bertz CT molecular complexity index is 1580. The lowest BCUT2D eigenvalue weighted by atomic mass is 9.47. The molecule has 3 heterocycles. The van der Waals surface area contributed by atoms with Gasteiger partial charge in [0.1, 0.15) is 34.8 Å².